The lowest BCUT2D eigenvalue weighted by Crippen LogP contribution is -2.52. The summed E-state index contributed by atoms with van der Waals surface area (Å²) in [5.74, 6) is 0.218. The fraction of sp³-hybridized carbons (Fsp3) is 0.333. The molecule has 0 atom stereocenters. The number of anilines is 1. The first-order valence-corrected chi connectivity index (χ1v) is 9.54. The van der Waals surface area contributed by atoms with Gasteiger partial charge in [0.2, 0.25) is 5.91 Å². The molecular formula is C21H24F3N5O. The van der Waals surface area contributed by atoms with Gasteiger partial charge in [0, 0.05) is 51.0 Å². The second-order valence-electron chi connectivity index (χ2n) is 6.99. The van der Waals surface area contributed by atoms with Gasteiger partial charge in [-0.25, -0.2) is 0 Å². The molecule has 6 nitrogen and oxygen atoms in total. The van der Waals surface area contributed by atoms with Gasteiger partial charge in [0.25, 0.3) is 0 Å². The molecule has 0 aromatic heterocycles. The molecule has 1 aliphatic rings. The Morgan fingerprint density at radius 2 is 1.80 bits per heavy atom. The third-order valence-corrected chi connectivity index (χ3v) is 4.99. The third kappa shape index (κ3) is 5.22. The fourth-order valence-corrected chi connectivity index (χ4v) is 3.40. The van der Waals surface area contributed by atoms with Gasteiger partial charge in [-0.1, -0.05) is 18.2 Å². The molecule has 0 aliphatic carbocycles. The van der Waals surface area contributed by atoms with Crippen LogP contribution < -0.4 is 16.0 Å². The Morgan fingerprint density at radius 3 is 2.43 bits per heavy atom. The summed E-state index contributed by atoms with van der Waals surface area (Å²) in [4.78, 5) is 19.6. The quantitative estimate of drug-likeness (QED) is 0.590. The molecule has 3 rings (SSSR count). The van der Waals surface area contributed by atoms with E-state index in [0.717, 1.165) is 11.6 Å². The summed E-state index contributed by atoms with van der Waals surface area (Å²) in [5, 5.41) is 3.26. The van der Waals surface area contributed by atoms with Crippen LogP contribution in [0.3, 0.4) is 0 Å². The average molecular weight is 419 g/mol. The minimum atomic E-state index is -4.35. The van der Waals surface area contributed by atoms with E-state index in [1.54, 1.807) is 31.3 Å². The van der Waals surface area contributed by atoms with Crippen LogP contribution in [0.2, 0.25) is 0 Å². The molecule has 0 bridgehead atoms. The van der Waals surface area contributed by atoms with E-state index in [1.807, 2.05) is 11.0 Å². The minimum Gasteiger partial charge on any atom is -0.368 e. The van der Waals surface area contributed by atoms with Gasteiger partial charge in [-0.15, -0.1) is 0 Å². The molecule has 0 saturated carbocycles. The van der Waals surface area contributed by atoms with E-state index in [-0.39, 0.29) is 0 Å². The van der Waals surface area contributed by atoms with Crippen LogP contribution in [0.5, 0.6) is 0 Å². The molecule has 30 heavy (non-hydrogen) atoms. The number of hydrogen-bond donors (Lipinski definition) is 2. The number of nitrogens with two attached hydrogens (primary N) is 1. The number of primary amides is 1. The number of rotatable bonds is 4. The van der Waals surface area contributed by atoms with Crippen LogP contribution in [0.4, 0.5) is 18.9 Å². The number of guanidine groups is 1. The molecule has 0 unspecified atom stereocenters. The van der Waals surface area contributed by atoms with Crippen molar-refractivity contribution >= 4 is 17.6 Å². The monoisotopic (exact) mass is 419 g/mol. The second-order valence-corrected chi connectivity index (χ2v) is 6.99. The average Bonchev–Trinajstić information content (AvgIpc) is 2.74. The van der Waals surface area contributed by atoms with Gasteiger partial charge in [0.15, 0.2) is 5.96 Å². The van der Waals surface area contributed by atoms with Gasteiger partial charge in [-0.2, -0.15) is 13.2 Å². The molecule has 1 amide bonds. The predicted octanol–water partition coefficient (Wildman–Crippen LogP) is 2.70. The SMILES string of the molecule is CN=C(NCc1cccc(C(N)=O)c1)N1CCN(c2cccc(C(F)(F)F)c2)CC1. The van der Waals surface area contributed by atoms with Crippen molar-refractivity contribution in [1.82, 2.24) is 10.2 Å². The van der Waals surface area contributed by atoms with E-state index in [9.17, 15) is 18.0 Å². The molecule has 0 radical (unpaired) electrons. The number of nitrogens with zero attached hydrogens (tertiary/aromatic N) is 3. The molecule has 2 aromatic carbocycles. The summed E-state index contributed by atoms with van der Waals surface area (Å²) in [7, 11) is 1.68. The Hall–Kier alpha value is -3.23. The van der Waals surface area contributed by atoms with Gasteiger partial charge >= 0.3 is 6.18 Å². The van der Waals surface area contributed by atoms with Crippen molar-refractivity contribution in [2.24, 2.45) is 10.7 Å². The van der Waals surface area contributed by atoms with E-state index in [4.69, 9.17) is 5.73 Å². The fourth-order valence-electron chi connectivity index (χ4n) is 3.40. The van der Waals surface area contributed by atoms with Crippen molar-refractivity contribution < 1.29 is 18.0 Å². The maximum atomic E-state index is 13.0. The molecular weight excluding hydrogens is 395 g/mol. The zero-order valence-corrected chi connectivity index (χ0v) is 16.6. The van der Waals surface area contributed by atoms with E-state index in [0.29, 0.717) is 49.9 Å². The third-order valence-electron chi connectivity index (χ3n) is 4.99. The number of aliphatic imine (C=N–C) groups is 1. The van der Waals surface area contributed by atoms with Crippen LogP contribution in [0.25, 0.3) is 0 Å². The molecule has 1 saturated heterocycles. The van der Waals surface area contributed by atoms with Crippen molar-refractivity contribution in [1.29, 1.82) is 0 Å². The Kier molecular flexibility index (Phi) is 6.49. The zero-order chi connectivity index (χ0) is 21.7. The minimum absolute atomic E-state index is 0.444. The molecule has 3 N–H and O–H groups in total. The lowest BCUT2D eigenvalue weighted by molar-refractivity contribution is -0.137. The summed E-state index contributed by atoms with van der Waals surface area (Å²) in [6, 6.07) is 12.5. The number of alkyl halides is 3. The van der Waals surface area contributed by atoms with E-state index < -0.39 is 17.6 Å². The maximum Gasteiger partial charge on any atom is 0.416 e. The topological polar surface area (TPSA) is 74.0 Å². The molecule has 2 aromatic rings. The van der Waals surface area contributed by atoms with Crippen molar-refractivity contribution in [3.63, 3.8) is 0 Å². The lowest BCUT2D eigenvalue weighted by Gasteiger charge is -2.37. The highest BCUT2D eigenvalue weighted by Crippen LogP contribution is 2.31. The van der Waals surface area contributed by atoms with Gasteiger partial charge in [0.1, 0.15) is 0 Å². The second kappa shape index (κ2) is 9.06. The van der Waals surface area contributed by atoms with Crippen molar-refractivity contribution in [2.75, 3.05) is 38.1 Å². The number of halogens is 3. The Bertz CT molecular complexity index is 921. The molecule has 1 heterocycles. The zero-order valence-electron chi connectivity index (χ0n) is 16.6. The van der Waals surface area contributed by atoms with Crippen LogP contribution in [-0.4, -0.2) is 50.0 Å². The van der Waals surface area contributed by atoms with Crippen molar-refractivity contribution in [3.05, 3.63) is 65.2 Å². The molecule has 1 aliphatic heterocycles. The summed E-state index contributed by atoms with van der Waals surface area (Å²) in [6.07, 6.45) is -4.35. The number of amides is 1. The summed E-state index contributed by atoms with van der Waals surface area (Å²) < 4.78 is 38.9. The first-order valence-electron chi connectivity index (χ1n) is 9.54. The summed E-state index contributed by atoms with van der Waals surface area (Å²) >= 11 is 0. The van der Waals surface area contributed by atoms with Crippen molar-refractivity contribution in [3.8, 4) is 0 Å². The Labute approximate surface area is 173 Å². The number of benzene rings is 2. The standard InChI is InChI=1S/C21H24F3N5O/c1-26-20(27-14-15-4-2-5-16(12-15)19(25)30)29-10-8-28(9-11-29)18-7-3-6-17(13-18)21(22,23)24/h2-7,12-13H,8-11,14H2,1H3,(H2,25,30)(H,26,27). The highest BCUT2D eigenvalue weighted by Gasteiger charge is 2.31. The van der Waals surface area contributed by atoms with E-state index in [1.165, 1.54) is 12.1 Å². The van der Waals surface area contributed by atoms with E-state index >= 15 is 0 Å². The van der Waals surface area contributed by atoms with Crippen molar-refractivity contribution in [2.45, 2.75) is 12.7 Å². The largest absolute Gasteiger partial charge is 0.416 e. The first kappa shape index (κ1) is 21.5. The number of nitrogens with one attached hydrogen (secondary N) is 1. The highest BCUT2D eigenvalue weighted by atomic mass is 19.4. The molecule has 1 fully saturated rings. The van der Waals surface area contributed by atoms with Crippen LogP contribution in [-0.2, 0) is 12.7 Å². The predicted molar refractivity (Wildman–Crippen MR) is 110 cm³/mol. The maximum absolute atomic E-state index is 13.0. The van der Waals surface area contributed by atoms with Gasteiger partial charge in [0.05, 0.1) is 5.56 Å². The number of carbonyl (C=O) groups is 1. The van der Waals surface area contributed by atoms with Crippen LogP contribution in [0.1, 0.15) is 21.5 Å². The van der Waals surface area contributed by atoms with E-state index in [2.05, 4.69) is 15.2 Å². The highest BCUT2D eigenvalue weighted by molar-refractivity contribution is 5.92. The van der Waals surface area contributed by atoms with Gasteiger partial charge < -0.3 is 20.9 Å². The number of piperazine rings is 1. The normalized spacial score (nSPS) is 15.3. The van der Waals surface area contributed by atoms with Crippen LogP contribution in [0, 0.1) is 0 Å². The summed E-state index contributed by atoms with van der Waals surface area (Å²) in [5.41, 5.74) is 6.58. The van der Waals surface area contributed by atoms with Gasteiger partial charge in [-0.3, -0.25) is 9.79 Å². The molecule has 160 valence electrons. The van der Waals surface area contributed by atoms with Gasteiger partial charge in [-0.05, 0) is 35.9 Å². The smallest absolute Gasteiger partial charge is 0.368 e. The molecule has 0 spiro atoms. The lowest BCUT2D eigenvalue weighted by atomic mass is 10.1. The number of carbonyl (C=O) groups excluding carboxylic acids is 1. The first-order chi connectivity index (χ1) is 14.3. The summed E-state index contributed by atoms with van der Waals surface area (Å²) in [6.45, 7) is 2.88. The van der Waals surface area contributed by atoms with Crippen LogP contribution in [0.15, 0.2) is 53.5 Å². The Balaban J connectivity index is 1.58. The van der Waals surface area contributed by atoms with Crippen LogP contribution >= 0.6 is 0 Å². The Morgan fingerprint density at radius 1 is 1.10 bits per heavy atom. The molecule has 9 heteroatoms. The number of hydrogen-bond acceptors (Lipinski definition) is 3.